The zero-order valence-electron chi connectivity index (χ0n) is 21.9. The van der Waals surface area contributed by atoms with Crippen LogP contribution < -0.4 is 0 Å². The fourth-order valence-corrected chi connectivity index (χ4v) is 5.26. The normalized spacial score (nSPS) is 13.8. The van der Waals surface area contributed by atoms with Gasteiger partial charge in [0.1, 0.15) is 5.58 Å². The van der Waals surface area contributed by atoms with Crippen LogP contribution in [-0.4, -0.2) is 15.9 Å². The van der Waals surface area contributed by atoms with Gasteiger partial charge < -0.3 is 9.52 Å². The van der Waals surface area contributed by atoms with Crippen molar-refractivity contribution >= 4 is 38.6 Å². The van der Waals surface area contributed by atoms with Crippen molar-refractivity contribution in [2.75, 3.05) is 0 Å². The van der Waals surface area contributed by atoms with Crippen LogP contribution in [-0.2, 0) is 30.3 Å². The Hall–Kier alpha value is -3.27. The molecule has 37 heavy (non-hydrogen) atoms. The van der Waals surface area contributed by atoms with Crippen LogP contribution in [0, 0.1) is 6.07 Å². The summed E-state index contributed by atoms with van der Waals surface area (Å²) in [7, 11) is 0. The number of furan rings is 1. The van der Waals surface area contributed by atoms with Gasteiger partial charge in [0, 0.05) is 31.6 Å². The molecule has 2 aromatic heterocycles. The molecule has 1 N–H and O–H groups in total. The van der Waals surface area contributed by atoms with Gasteiger partial charge in [-0.1, -0.05) is 81.1 Å². The topological polar surface area (TPSA) is 63.3 Å². The van der Waals surface area contributed by atoms with E-state index in [1.165, 1.54) is 47.4 Å². The second-order valence-corrected chi connectivity index (χ2v) is 10.4. The number of pyridine rings is 1. The standard InChI is InChI=1S/C27H22NO.C5H8O2.Ir/c1-15(2)17-12-13-19-24-23-18(9-7-11-22(23)29-26(17)24)25-20(27(19,3)4)14-16-8-5-6-10-21(16)28-25;1-4(6)3-5(2)7;/h5-8,10-15H,1-4H3;3,6H,1-2H3;/q-1;;/b;4-3-;. The summed E-state index contributed by atoms with van der Waals surface area (Å²) in [6, 6.07) is 22.7. The number of fused-ring (bicyclic) bond motifs is 3. The van der Waals surface area contributed by atoms with Crippen LogP contribution in [0.4, 0.5) is 0 Å². The van der Waals surface area contributed by atoms with Crippen molar-refractivity contribution in [3.8, 4) is 11.3 Å². The Morgan fingerprint density at radius 2 is 1.78 bits per heavy atom. The fourth-order valence-electron chi connectivity index (χ4n) is 5.26. The van der Waals surface area contributed by atoms with Crippen molar-refractivity contribution in [3.63, 3.8) is 0 Å². The molecule has 0 unspecified atom stereocenters. The predicted molar refractivity (Wildman–Crippen MR) is 147 cm³/mol. The molecule has 6 rings (SSSR count). The quantitative estimate of drug-likeness (QED) is 0.117. The molecule has 1 aliphatic rings. The van der Waals surface area contributed by atoms with Crippen LogP contribution in [0.25, 0.3) is 44.1 Å². The Balaban J connectivity index is 0.000000356. The van der Waals surface area contributed by atoms with Crippen molar-refractivity contribution in [2.45, 2.75) is 52.9 Å². The summed E-state index contributed by atoms with van der Waals surface area (Å²) in [5.41, 5.74) is 8.61. The van der Waals surface area contributed by atoms with E-state index < -0.39 is 0 Å². The van der Waals surface area contributed by atoms with Gasteiger partial charge in [0.2, 0.25) is 0 Å². The molecule has 3 aromatic carbocycles. The zero-order valence-corrected chi connectivity index (χ0v) is 24.3. The van der Waals surface area contributed by atoms with Gasteiger partial charge in [-0.05, 0) is 53.4 Å². The Morgan fingerprint density at radius 1 is 1.05 bits per heavy atom. The van der Waals surface area contributed by atoms with Gasteiger partial charge in [-0.15, -0.1) is 17.7 Å². The Kier molecular flexibility index (Phi) is 7.16. The van der Waals surface area contributed by atoms with Gasteiger partial charge >= 0.3 is 0 Å². The molecule has 4 nitrogen and oxygen atoms in total. The van der Waals surface area contributed by atoms with E-state index in [1.54, 1.807) is 0 Å². The number of aromatic nitrogens is 1. The van der Waals surface area contributed by atoms with E-state index >= 15 is 0 Å². The number of hydrogen-bond acceptors (Lipinski definition) is 4. The van der Waals surface area contributed by atoms with Gasteiger partial charge in [-0.25, -0.2) is 0 Å². The molecule has 2 heterocycles. The number of carbonyl (C=O) groups is 1. The molecule has 0 spiro atoms. The largest absolute Gasteiger partial charge is 0.512 e. The van der Waals surface area contributed by atoms with Crippen LogP contribution >= 0.6 is 0 Å². The molecular formula is C32H30IrNO3-. The monoisotopic (exact) mass is 669 g/mol. The smallest absolute Gasteiger partial charge is 0.155 e. The van der Waals surface area contributed by atoms with Crippen LogP contribution in [0.2, 0.25) is 0 Å². The minimum absolute atomic E-state index is 0. The first-order valence-electron chi connectivity index (χ1n) is 12.3. The molecule has 0 saturated heterocycles. The summed E-state index contributed by atoms with van der Waals surface area (Å²) < 4.78 is 6.45. The van der Waals surface area contributed by atoms with Gasteiger partial charge in [-0.3, -0.25) is 9.78 Å². The molecule has 0 atom stereocenters. The van der Waals surface area contributed by atoms with E-state index in [4.69, 9.17) is 14.5 Å². The number of nitrogens with zero attached hydrogens (tertiary/aromatic N) is 1. The van der Waals surface area contributed by atoms with E-state index in [0.29, 0.717) is 5.92 Å². The van der Waals surface area contributed by atoms with E-state index in [-0.39, 0.29) is 37.1 Å². The van der Waals surface area contributed by atoms with E-state index in [9.17, 15) is 4.79 Å². The van der Waals surface area contributed by atoms with Gasteiger partial charge in [0.25, 0.3) is 0 Å². The summed E-state index contributed by atoms with van der Waals surface area (Å²) in [6.45, 7) is 11.9. The van der Waals surface area contributed by atoms with Gasteiger partial charge in [0.15, 0.2) is 5.78 Å². The maximum Gasteiger partial charge on any atom is 0.155 e. The SMILES string of the molecule is CC(=O)/C=C(/C)O.CC(C)c1ccc2c3c1oc1cc[c-]c(c13)-c1nc3ccccc3cc1C2(C)C.[Ir]. The van der Waals surface area contributed by atoms with E-state index in [2.05, 4.69) is 70.2 Å². The van der Waals surface area contributed by atoms with E-state index in [0.717, 1.165) is 33.3 Å². The summed E-state index contributed by atoms with van der Waals surface area (Å²) in [6.07, 6.45) is 1.17. The third kappa shape index (κ3) is 4.52. The molecule has 0 fully saturated rings. The molecule has 5 aromatic rings. The maximum absolute atomic E-state index is 10.0. The van der Waals surface area contributed by atoms with Crippen molar-refractivity contribution in [2.24, 2.45) is 0 Å². The molecule has 191 valence electrons. The number of ketones is 1. The van der Waals surface area contributed by atoms with Crippen LogP contribution in [0.3, 0.4) is 0 Å². The van der Waals surface area contributed by atoms with Crippen LogP contribution in [0.15, 0.2) is 70.8 Å². The second-order valence-electron chi connectivity index (χ2n) is 10.4. The first-order valence-corrected chi connectivity index (χ1v) is 12.3. The summed E-state index contributed by atoms with van der Waals surface area (Å²) in [4.78, 5) is 15.1. The second kappa shape index (κ2) is 9.89. The van der Waals surface area contributed by atoms with E-state index in [1.807, 2.05) is 18.2 Å². The fraction of sp³-hybridized carbons (Fsp3) is 0.250. The number of rotatable bonds is 2. The summed E-state index contributed by atoms with van der Waals surface area (Å²) in [5.74, 6) is 0.332. The van der Waals surface area contributed by atoms with Crippen molar-refractivity contribution in [3.05, 3.63) is 89.2 Å². The molecule has 0 saturated carbocycles. The first-order chi connectivity index (χ1) is 17.1. The van der Waals surface area contributed by atoms with Crippen molar-refractivity contribution < 1.29 is 34.4 Å². The number of aliphatic hydroxyl groups is 1. The molecule has 0 amide bonds. The molecule has 5 heteroatoms. The number of carbonyl (C=O) groups excluding carboxylic acids is 1. The average Bonchev–Trinajstić information content (AvgIpc) is 3.18. The number of allylic oxidation sites excluding steroid dienone is 2. The minimum Gasteiger partial charge on any atom is -0.512 e. The third-order valence-corrected chi connectivity index (χ3v) is 6.95. The Labute approximate surface area is 230 Å². The number of hydrogen-bond donors (Lipinski definition) is 1. The molecule has 1 aliphatic carbocycles. The Bertz CT molecular complexity index is 1690. The average molecular weight is 669 g/mol. The van der Waals surface area contributed by atoms with Crippen LogP contribution in [0.1, 0.15) is 64.2 Å². The first kappa shape index (κ1) is 26.8. The van der Waals surface area contributed by atoms with Gasteiger partial charge in [0.05, 0.1) is 16.9 Å². The predicted octanol–water partition coefficient (Wildman–Crippen LogP) is 8.40. The maximum atomic E-state index is 10.0. The zero-order chi connectivity index (χ0) is 25.8. The number of para-hydroxylation sites is 1. The summed E-state index contributed by atoms with van der Waals surface area (Å²) >= 11 is 0. The van der Waals surface area contributed by atoms with Gasteiger partial charge in [-0.2, -0.15) is 0 Å². The van der Waals surface area contributed by atoms with Crippen molar-refractivity contribution in [1.29, 1.82) is 0 Å². The number of aliphatic hydroxyl groups excluding tert-OH is 1. The Morgan fingerprint density at radius 3 is 2.43 bits per heavy atom. The molecule has 1 radical (unpaired) electrons. The molecule has 0 aliphatic heterocycles. The third-order valence-electron chi connectivity index (χ3n) is 6.95. The minimum atomic E-state index is -0.205. The molecule has 0 bridgehead atoms. The summed E-state index contributed by atoms with van der Waals surface area (Å²) in [5, 5.41) is 11.9. The number of benzene rings is 3. The van der Waals surface area contributed by atoms with Crippen molar-refractivity contribution in [1.82, 2.24) is 4.98 Å². The molecular weight excluding hydrogens is 639 g/mol. The van der Waals surface area contributed by atoms with Crippen LogP contribution in [0.5, 0.6) is 0 Å².